The van der Waals surface area contributed by atoms with Crippen molar-refractivity contribution in [2.45, 2.75) is 58.3 Å². The van der Waals surface area contributed by atoms with Gasteiger partial charge in [-0.15, -0.1) is 0 Å². The van der Waals surface area contributed by atoms with Crippen LogP contribution in [0.5, 0.6) is 5.75 Å². The predicted molar refractivity (Wildman–Crippen MR) is 92.4 cm³/mol. The Morgan fingerprint density at radius 1 is 1.22 bits per heavy atom. The summed E-state index contributed by atoms with van der Waals surface area (Å²) in [5.74, 6) is 2.16. The third kappa shape index (κ3) is 4.14. The number of nitrogens with zero attached hydrogens (tertiary/aromatic N) is 3. The highest BCUT2D eigenvalue weighted by molar-refractivity contribution is 5.33. The molecule has 1 fully saturated rings. The number of hydrogen-bond donors (Lipinski definition) is 0. The van der Waals surface area contributed by atoms with Gasteiger partial charge in [-0.1, -0.05) is 18.2 Å². The highest BCUT2D eigenvalue weighted by atomic mass is 16.5. The zero-order chi connectivity index (χ0) is 16.1. The lowest BCUT2D eigenvalue weighted by Crippen LogP contribution is -2.21. The molecule has 4 heteroatoms. The molecule has 23 heavy (non-hydrogen) atoms. The van der Waals surface area contributed by atoms with E-state index < -0.39 is 0 Å². The van der Waals surface area contributed by atoms with E-state index in [1.54, 1.807) is 0 Å². The summed E-state index contributed by atoms with van der Waals surface area (Å²) >= 11 is 0. The van der Waals surface area contributed by atoms with Gasteiger partial charge in [-0.05, 0) is 45.7 Å². The van der Waals surface area contributed by atoms with Gasteiger partial charge in [0.2, 0.25) is 0 Å². The van der Waals surface area contributed by atoms with Crippen molar-refractivity contribution < 1.29 is 4.74 Å². The van der Waals surface area contributed by atoms with E-state index in [1.807, 2.05) is 12.4 Å². The number of imidazole rings is 1. The van der Waals surface area contributed by atoms with Crippen LogP contribution in [0.15, 0.2) is 36.7 Å². The van der Waals surface area contributed by atoms with Gasteiger partial charge < -0.3 is 9.30 Å². The quantitative estimate of drug-likeness (QED) is 0.777. The number of benzene rings is 1. The first-order chi connectivity index (χ1) is 11.3. The van der Waals surface area contributed by atoms with E-state index in [0.717, 1.165) is 31.2 Å². The van der Waals surface area contributed by atoms with Crippen LogP contribution in [-0.4, -0.2) is 27.6 Å². The Hall–Kier alpha value is -1.81. The molecule has 0 aliphatic heterocycles. The fourth-order valence-corrected chi connectivity index (χ4v) is 3.30. The maximum atomic E-state index is 6.24. The Morgan fingerprint density at radius 2 is 2.00 bits per heavy atom. The molecule has 1 aliphatic rings. The van der Waals surface area contributed by atoms with Gasteiger partial charge in [0.15, 0.2) is 0 Å². The van der Waals surface area contributed by atoms with Gasteiger partial charge in [0.1, 0.15) is 11.6 Å². The second-order valence-corrected chi connectivity index (χ2v) is 6.43. The lowest BCUT2D eigenvalue weighted by atomic mass is 10.2. The number of hydrogen-bond acceptors (Lipinski definition) is 3. The zero-order valence-electron chi connectivity index (χ0n) is 14.2. The minimum absolute atomic E-state index is 0.403. The van der Waals surface area contributed by atoms with Crippen molar-refractivity contribution in [3.05, 3.63) is 48.0 Å². The van der Waals surface area contributed by atoms with Crippen molar-refractivity contribution in [1.29, 1.82) is 0 Å². The number of ether oxygens (including phenoxy) is 1. The fraction of sp³-hybridized carbons (Fsp3) is 0.526. The van der Waals surface area contributed by atoms with Crippen molar-refractivity contribution in [3.8, 4) is 5.75 Å². The van der Waals surface area contributed by atoms with Crippen LogP contribution in [0.1, 0.15) is 44.0 Å². The SMILES string of the molecule is CCn1ccnc1CN(C)Cc1ccccc1OC1CCCC1. The second kappa shape index (κ2) is 7.64. The van der Waals surface area contributed by atoms with Crippen LogP contribution in [0, 0.1) is 0 Å². The standard InChI is InChI=1S/C19H27N3O/c1-3-22-13-12-20-19(22)15-21(2)14-16-8-4-7-11-18(16)23-17-9-5-6-10-17/h4,7-8,11-13,17H,3,5-6,9-10,14-15H2,1-2H3. The third-order valence-electron chi connectivity index (χ3n) is 4.56. The Balaban J connectivity index is 1.64. The van der Waals surface area contributed by atoms with Crippen molar-refractivity contribution in [2.75, 3.05) is 7.05 Å². The molecule has 1 heterocycles. The summed E-state index contributed by atoms with van der Waals surface area (Å²) in [6, 6.07) is 8.44. The normalized spacial score (nSPS) is 15.4. The summed E-state index contributed by atoms with van der Waals surface area (Å²) in [4.78, 5) is 6.76. The molecule has 1 aromatic heterocycles. The molecule has 0 spiro atoms. The van der Waals surface area contributed by atoms with Crippen LogP contribution in [0.25, 0.3) is 0 Å². The van der Waals surface area contributed by atoms with E-state index in [2.05, 4.69) is 52.7 Å². The van der Waals surface area contributed by atoms with Gasteiger partial charge in [0.25, 0.3) is 0 Å². The number of rotatable bonds is 7. The topological polar surface area (TPSA) is 30.3 Å². The summed E-state index contributed by atoms with van der Waals surface area (Å²) in [7, 11) is 2.14. The average Bonchev–Trinajstić information content (AvgIpc) is 3.20. The van der Waals surface area contributed by atoms with Gasteiger partial charge in [0, 0.05) is 31.0 Å². The number of para-hydroxylation sites is 1. The molecule has 4 nitrogen and oxygen atoms in total. The largest absolute Gasteiger partial charge is 0.490 e. The third-order valence-corrected chi connectivity index (χ3v) is 4.56. The molecular weight excluding hydrogens is 286 g/mol. The van der Waals surface area contributed by atoms with Crippen LogP contribution >= 0.6 is 0 Å². The van der Waals surface area contributed by atoms with E-state index in [4.69, 9.17) is 4.74 Å². The summed E-state index contributed by atoms with van der Waals surface area (Å²) in [6.45, 7) is 4.83. The zero-order valence-corrected chi connectivity index (χ0v) is 14.2. The molecule has 1 aromatic carbocycles. The first-order valence-electron chi connectivity index (χ1n) is 8.69. The Bertz CT molecular complexity index is 617. The summed E-state index contributed by atoms with van der Waals surface area (Å²) < 4.78 is 8.43. The Morgan fingerprint density at radius 3 is 2.78 bits per heavy atom. The molecule has 1 aliphatic carbocycles. The van der Waals surface area contributed by atoms with Crippen molar-refractivity contribution >= 4 is 0 Å². The van der Waals surface area contributed by atoms with Crippen LogP contribution in [0.4, 0.5) is 0 Å². The predicted octanol–water partition coefficient (Wildman–Crippen LogP) is 3.86. The molecular formula is C19H27N3O. The molecule has 0 N–H and O–H groups in total. The minimum Gasteiger partial charge on any atom is -0.490 e. The van der Waals surface area contributed by atoms with Crippen molar-refractivity contribution in [1.82, 2.24) is 14.5 Å². The molecule has 2 aromatic rings. The lowest BCUT2D eigenvalue weighted by Gasteiger charge is -2.21. The van der Waals surface area contributed by atoms with Gasteiger partial charge >= 0.3 is 0 Å². The van der Waals surface area contributed by atoms with Crippen molar-refractivity contribution in [2.24, 2.45) is 0 Å². The molecule has 3 rings (SSSR count). The molecule has 0 bridgehead atoms. The second-order valence-electron chi connectivity index (χ2n) is 6.43. The molecule has 1 saturated carbocycles. The maximum Gasteiger partial charge on any atom is 0.124 e. The Kier molecular flexibility index (Phi) is 5.34. The van der Waals surface area contributed by atoms with Gasteiger partial charge in [-0.25, -0.2) is 4.98 Å². The van der Waals surface area contributed by atoms with Gasteiger partial charge in [-0.3, -0.25) is 4.90 Å². The van der Waals surface area contributed by atoms with Crippen molar-refractivity contribution in [3.63, 3.8) is 0 Å². The van der Waals surface area contributed by atoms with Gasteiger partial charge in [0.05, 0.1) is 12.6 Å². The lowest BCUT2D eigenvalue weighted by molar-refractivity contribution is 0.203. The molecule has 124 valence electrons. The van der Waals surface area contributed by atoms with Gasteiger partial charge in [-0.2, -0.15) is 0 Å². The summed E-state index contributed by atoms with van der Waals surface area (Å²) in [5, 5.41) is 0. The Labute approximate surface area is 139 Å². The average molecular weight is 313 g/mol. The molecule has 0 radical (unpaired) electrons. The van der Waals surface area contributed by atoms with E-state index >= 15 is 0 Å². The summed E-state index contributed by atoms with van der Waals surface area (Å²) in [6.07, 6.45) is 9.31. The van der Waals surface area contributed by atoms with Crippen LogP contribution in [0.2, 0.25) is 0 Å². The fourth-order valence-electron chi connectivity index (χ4n) is 3.30. The number of aryl methyl sites for hydroxylation is 1. The molecule has 0 saturated heterocycles. The minimum atomic E-state index is 0.403. The maximum absolute atomic E-state index is 6.24. The van der Waals surface area contributed by atoms with E-state index in [0.29, 0.717) is 6.10 Å². The van der Waals surface area contributed by atoms with E-state index in [1.165, 1.54) is 31.2 Å². The van der Waals surface area contributed by atoms with Crippen LogP contribution in [-0.2, 0) is 19.6 Å². The molecule has 0 amide bonds. The smallest absolute Gasteiger partial charge is 0.124 e. The highest BCUT2D eigenvalue weighted by Gasteiger charge is 2.18. The van der Waals surface area contributed by atoms with Crippen LogP contribution < -0.4 is 4.74 Å². The van der Waals surface area contributed by atoms with E-state index in [9.17, 15) is 0 Å². The highest BCUT2D eigenvalue weighted by Crippen LogP contribution is 2.27. The monoisotopic (exact) mass is 313 g/mol. The molecule has 0 atom stereocenters. The first kappa shape index (κ1) is 16.1. The summed E-state index contributed by atoms with van der Waals surface area (Å²) in [5.41, 5.74) is 1.26. The molecule has 0 unspecified atom stereocenters. The number of aromatic nitrogens is 2. The van der Waals surface area contributed by atoms with Crippen LogP contribution in [0.3, 0.4) is 0 Å². The first-order valence-corrected chi connectivity index (χ1v) is 8.69. The van der Waals surface area contributed by atoms with E-state index in [-0.39, 0.29) is 0 Å².